The second-order valence-corrected chi connectivity index (χ2v) is 6.63. The van der Waals surface area contributed by atoms with E-state index < -0.39 is 6.10 Å². The van der Waals surface area contributed by atoms with Crippen molar-refractivity contribution in [1.29, 1.82) is 0 Å². The molecule has 0 aromatic heterocycles. The van der Waals surface area contributed by atoms with E-state index in [0.717, 1.165) is 31.2 Å². The van der Waals surface area contributed by atoms with Crippen LogP contribution in [-0.4, -0.2) is 18.4 Å². The minimum absolute atomic E-state index is 0.175. The predicted octanol–water partition coefficient (Wildman–Crippen LogP) is 3.26. The Labute approximate surface area is 130 Å². The third kappa shape index (κ3) is 2.50. The van der Waals surface area contributed by atoms with Crippen LogP contribution in [-0.2, 0) is 0 Å². The molecule has 1 saturated carbocycles. The Balaban J connectivity index is 1.91. The summed E-state index contributed by atoms with van der Waals surface area (Å²) in [6.45, 7) is 2.85. The van der Waals surface area contributed by atoms with Crippen LogP contribution in [0.3, 0.4) is 0 Å². The van der Waals surface area contributed by atoms with E-state index in [4.69, 9.17) is 26.8 Å². The predicted molar refractivity (Wildman–Crippen MR) is 81.7 cm³/mol. The van der Waals surface area contributed by atoms with Crippen LogP contribution in [0.4, 0.5) is 0 Å². The number of benzene rings is 1. The molecule has 3 N–H and O–H groups in total. The van der Waals surface area contributed by atoms with Crippen molar-refractivity contribution in [3.8, 4) is 11.5 Å². The van der Waals surface area contributed by atoms with Gasteiger partial charge in [-0.2, -0.15) is 0 Å². The maximum absolute atomic E-state index is 10.9. The smallest absolute Gasteiger partial charge is 0.231 e. The van der Waals surface area contributed by atoms with E-state index in [0.29, 0.717) is 29.0 Å². The summed E-state index contributed by atoms with van der Waals surface area (Å²) in [5, 5.41) is 11.4. The fraction of sp³-hybridized carbons (Fsp3) is 0.625. The van der Waals surface area contributed by atoms with Crippen LogP contribution < -0.4 is 15.2 Å². The molecule has 1 heterocycles. The Morgan fingerprint density at radius 2 is 2.29 bits per heavy atom. The van der Waals surface area contributed by atoms with Gasteiger partial charge in [0.2, 0.25) is 6.79 Å². The van der Waals surface area contributed by atoms with E-state index >= 15 is 0 Å². The van der Waals surface area contributed by atoms with Crippen molar-refractivity contribution < 1.29 is 14.6 Å². The van der Waals surface area contributed by atoms with Gasteiger partial charge in [0.25, 0.3) is 0 Å². The minimum atomic E-state index is -0.619. The molecule has 21 heavy (non-hydrogen) atoms. The monoisotopic (exact) mass is 311 g/mol. The van der Waals surface area contributed by atoms with Crippen LogP contribution in [0.5, 0.6) is 11.5 Å². The lowest BCUT2D eigenvalue weighted by Crippen LogP contribution is -2.34. The minimum Gasteiger partial charge on any atom is -0.454 e. The van der Waals surface area contributed by atoms with Gasteiger partial charge in [0.15, 0.2) is 11.5 Å². The van der Waals surface area contributed by atoms with Crippen molar-refractivity contribution in [2.24, 2.45) is 17.1 Å². The molecular formula is C16H22ClNO3. The molecule has 3 atom stereocenters. The molecule has 0 spiro atoms. The van der Waals surface area contributed by atoms with Crippen molar-refractivity contribution in [3.05, 3.63) is 22.7 Å². The maximum atomic E-state index is 10.9. The fourth-order valence-corrected chi connectivity index (χ4v) is 3.94. The molecule has 0 bridgehead atoms. The molecule has 5 heteroatoms. The second-order valence-electron chi connectivity index (χ2n) is 6.22. The van der Waals surface area contributed by atoms with Crippen molar-refractivity contribution in [2.75, 3.05) is 13.3 Å². The molecule has 0 amide bonds. The Morgan fingerprint density at radius 1 is 1.48 bits per heavy atom. The van der Waals surface area contributed by atoms with Gasteiger partial charge in [0.1, 0.15) is 0 Å². The van der Waals surface area contributed by atoms with E-state index in [1.165, 1.54) is 0 Å². The van der Waals surface area contributed by atoms with E-state index in [1.807, 2.05) is 6.07 Å². The number of hydrogen-bond acceptors (Lipinski definition) is 4. The standard InChI is InChI=1S/C16H22ClNO3/c1-2-10-3-4-16(7-10,8-18)15(19)11-5-12(17)14-13(6-11)20-9-21-14/h5-6,10,15,19H,2-4,7-9,18H2,1H3. The van der Waals surface area contributed by atoms with Crippen molar-refractivity contribution in [3.63, 3.8) is 0 Å². The highest BCUT2D eigenvalue weighted by molar-refractivity contribution is 6.32. The summed E-state index contributed by atoms with van der Waals surface area (Å²) in [5.74, 6) is 1.81. The first-order valence-corrected chi connectivity index (χ1v) is 7.94. The summed E-state index contributed by atoms with van der Waals surface area (Å²) >= 11 is 6.22. The largest absolute Gasteiger partial charge is 0.454 e. The third-order valence-corrected chi connectivity index (χ3v) is 5.36. The molecule has 1 aliphatic heterocycles. The molecule has 0 radical (unpaired) electrons. The van der Waals surface area contributed by atoms with Crippen molar-refractivity contribution in [1.82, 2.24) is 0 Å². The van der Waals surface area contributed by atoms with Crippen LogP contribution in [0, 0.1) is 11.3 Å². The van der Waals surface area contributed by atoms with Crippen molar-refractivity contribution in [2.45, 2.75) is 38.7 Å². The average molecular weight is 312 g/mol. The number of aliphatic hydroxyl groups excluding tert-OH is 1. The molecule has 3 unspecified atom stereocenters. The molecule has 1 aliphatic carbocycles. The highest BCUT2D eigenvalue weighted by Crippen LogP contribution is 2.52. The zero-order valence-corrected chi connectivity index (χ0v) is 13.0. The van der Waals surface area contributed by atoms with Gasteiger partial charge in [-0.15, -0.1) is 0 Å². The molecule has 116 valence electrons. The number of fused-ring (bicyclic) bond motifs is 1. The summed E-state index contributed by atoms with van der Waals surface area (Å²) in [7, 11) is 0. The second kappa shape index (κ2) is 5.67. The van der Waals surface area contributed by atoms with Gasteiger partial charge >= 0.3 is 0 Å². The first-order valence-electron chi connectivity index (χ1n) is 7.57. The van der Waals surface area contributed by atoms with E-state index in [9.17, 15) is 5.11 Å². The van der Waals surface area contributed by atoms with Crippen LogP contribution in [0.15, 0.2) is 12.1 Å². The highest BCUT2D eigenvalue weighted by atomic mass is 35.5. The zero-order chi connectivity index (χ0) is 15.0. The molecule has 1 fully saturated rings. The molecule has 4 nitrogen and oxygen atoms in total. The van der Waals surface area contributed by atoms with Crippen LogP contribution in [0.2, 0.25) is 5.02 Å². The lowest BCUT2D eigenvalue weighted by atomic mass is 9.76. The summed E-state index contributed by atoms with van der Waals surface area (Å²) < 4.78 is 10.7. The first kappa shape index (κ1) is 14.9. The Bertz CT molecular complexity index is 536. The summed E-state index contributed by atoms with van der Waals surface area (Å²) in [6.07, 6.45) is 3.56. The Kier molecular flexibility index (Phi) is 4.04. The van der Waals surface area contributed by atoms with Crippen LogP contribution >= 0.6 is 11.6 Å². The van der Waals surface area contributed by atoms with Gasteiger partial charge in [-0.25, -0.2) is 0 Å². The molecule has 2 aliphatic rings. The lowest BCUT2D eigenvalue weighted by molar-refractivity contribution is 0.0300. The van der Waals surface area contributed by atoms with Gasteiger partial charge in [-0.1, -0.05) is 24.9 Å². The number of ether oxygens (including phenoxy) is 2. The molecule has 0 saturated heterocycles. The van der Waals surface area contributed by atoms with E-state index in [2.05, 4.69) is 6.92 Å². The van der Waals surface area contributed by atoms with Gasteiger partial charge < -0.3 is 20.3 Å². The van der Waals surface area contributed by atoms with Crippen LogP contribution in [0.25, 0.3) is 0 Å². The van der Waals surface area contributed by atoms with Gasteiger partial charge in [0, 0.05) is 12.0 Å². The van der Waals surface area contributed by atoms with Gasteiger partial charge in [-0.3, -0.25) is 0 Å². The lowest BCUT2D eigenvalue weighted by Gasteiger charge is -2.34. The zero-order valence-electron chi connectivity index (χ0n) is 12.3. The van der Waals surface area contributed by atoms with E-state index in [-0.39, 0.29) is 12.2 Å². The molecule has 1 aromatic carbocycles. The number of hydrogen-bond donors (Lipinski definition) is 2. The first-order chi connectivity index (χ1) is 10.1. The number of halogens is 1. The molecule has 1 aromatic rings. The summed E-state index contributed by atoms with van der Waals surface area (Å²) in [6, 6.07) is 3.60. The Morgan fingerprint density at radius 3 is 2.95 bits per heavy atom. The number of nitrogens with two attached hydrogens (primary N) is 1. The SMILES string of the molecule is CCC1CCC(CN)(C(O)c2cc(Cl)c3c(c2)OCO3)C1. The Hall–Kier alpha value is -0.970. The average Bonchev–Trinajstić information content (AvgIpc) is 3.13. The van der Waals surface area contributed by atoms with Crippen LogP contribution in [0.1, 0.15) is 44.3 Å². The van der Waals surface area contributed by atoms with Gasteiger partial charge in [0.05, 0.1) is 11.1 Å². The normalized spacial score (nSPS) is 28.9. The highest BCUT2D eigenvalue weighted by Gasteiger charge is 2.44. The quantitative estimate of drug-likeness (QED) is 0.896. The van der Waals surface area contributed by atoms with E-state index in [1.54, 1.807) is 6.07 Å². The molecule has 3 rings (SSSR count). The number of rotatable bonds is 4. The topological polar surface area (TPSA) is 64.7 Å². The van der Waals surface area contributed by atoms with Gasteiger partial charge in [-0.05, 0) is 42.9 Å². The fourth-order valence-electron chi connectivity index (χ4n) is 3.66. The summed E-state index contributed by atoms with van der Waals surface area (Å²) in [5.41, 5.74) is 6.54. The number of aliphatic hydroxyl groups is 1. The summed E-state index contributed by atoms with van der Waals surface area (Å²) in [4.78, 5) is 0. The van der Waals surface area contributed by atoms with Crippen molar-refractivity contribution >= 4 is 11.6 Å². The maximum Gasteiger partial charge on any atom is 0.231 e. The third-order valence-electron chi connectivity index (χ3n) is 5.07. The molecular weight excluding hydrogens is 290 g/mol.